The van der Waals surface area contributed by atoms with Gasteiger partial charge in [0.1, 0.15) is 0 Å². The SMILES string of the molecule is O=C(O)CC1CCCC1n1cc(Cl)cn1. The van der Waals surface area contributed by atoms with E-state index in [1.165, 1.54) is 0 Å². The maximum Gasteiger partial charge on any atom is 0.303 e. The lowest BCUT2D eigenvalue weighted by Crippen LogP contribution is -2.17. The van der Waals surface area contributed by atoms with Gasteiger partial charge in [0.05, 0.1) is 23.7 Å². The van der Waals surface area contributed by atoms with Gasteiger partial charge in [0, 0.05) is 6.20 Å². The van der Waals surface area contributed by atoms with Crippen LogP contribution in [-0.2, 0) is 4.79 Å². The highest BCUT2D eigenvalue weighted by Crippen LogP contribution is 2.37. The van der Waals surface area contributed by atoms with Crippen molar-refractivity contribution >= 4 is 17.6 Å². The van der Waals surface area contributed by atoms with Crippen LogP contribution in [0, 0.1) is 5.92 Å². The fourth-order valence-electron chi connectivity index (χ4n) is 2.32. The van der Waals surface area contributed by atoms with Gasteiger partial charge in [-0.25, -0.2) is 0 Å². The number of carboxylic acid groups (broad SMARTS) is 1. The van der Waals surface area contributed by atoms with E-state index in [1.807, 2.05) is 4.68 Å². The van der Waals surface area contributed by atoms with Crippen LogP contribution >= 0.6 is 11.6 Å². The van der Waals surface area contributed by atoms with Gasteiger partial charge >= 0.3 is 5.97 Å². The number of hydrogen-bond donors (Lipinski definition) is 1. The number of rotatable bonds is 3. The minimum Gasteiger partial charge on any atom is -0.481 e. The van der Waals surface area contributed by atoms with Crippen LogP contribution in [0.25, 0.3) is 0 Å². The van der Waals surface area contributed by atoms with Gasteiger partial charge in [-0.15, -0.1) is 0 Å². The van der Waals surface area contributed by atoms with Crippen molar-refractivity contribution < 1.29 is 9.90 Å². The summed E-state index contributed by atoms with van der Waals surface area (Å²) in [4.78, 5) is 10.7. The van der Waals surface area contributed by atoms with Crippen molar-refractivity contribution in [2.75, 3.05) is 0 Å². The molecular formula is C10H13ClN2O2. The molecule has 4 nitrogen and oxygen atoms in total. The topological polar surface area (TPSA) is 55.1 Å². The summed E-state index contributed by atoms with van der Waals surface area (Å²) in [6, 6.07) is 0.202. The normalized spacial score (nSPS) is 25.7. The molecule has 1 aromatic rings. The predicted octanol–water partition coefficient (Wildman–Crippen LogP) is 2.35. The molecule has 0 bridgehead atoms. The molecule has 2 atom stereocenters. The number of hydrogen-bond acceptors (Lipinski definition) is 2. The zero-order valence-corrected chi connectivity index (χ0v) is 9.02. The molecule has 2 rings (SSSR count). The Morgan fingerprint density at radius 1 is 1.67 bits per heavy atom. The summed E-state index contributed by atoms with van der Waals surface area (Å²) in [6.45, 7) is 0. The van der Waals surface area contributed by atoms with Gasteiger partial charge in [0.2, 0.25) is 0 Å². The average molecular weight is 229 g/mol. The molecular weight excluding hydrogens is 216 g/mol. The molecule has 0 radical (unpaired) electrons. The van der Waals surface area contributed by atoms with E-state index in [4.69, 9.17) is 16.7 Å². The third-order valence-corrected chi connectivity index (χ3v) is 3.16. The lowest BCUT2D eigenvalue weighted by Gasteiger charge is -2.18. The molecule has 0 aliphatic heterocycles. The largest absolute Gasteiger partial charge is 0.481 e. The van der Waals surface area contributed by atoms with Gasteiger partial charge in [-0.3, -0.25) is 9.48 Å². The molecule has 1 fully saturated rings. The molecule has 1 aliphatic carbocycles. The van der Waals surface area contributed by atoms with Crippen LogP contribution in [0.2, 0.25) is 5.02 Å². The molecule has 0 aromatic carbocycles. The second-order valence-electron chi connectivity index (χ2n) is 3.99. The van der Waals surface area contributed by atoms with Crippen molar-refractivity contribution in [3.63, 3.8) is 0 Å². The zero-order chi connectivity index (χ0) is 10.8. The molecule has 0 spiro atoms. The van der Waals surface area contributed by atoms with E-state index in [-0.39, 0.29) is 18.4 Å². The minimum atomic E-state index is -0.731. The average Bonchev–Trinajstić information content (AvgIpc) is 2.72. The summed E-state index contributed by atoms with van der Waals surface area (Å²) >= 11 is 5.79. The highest BCUT2D eigenvalue weighted by atomic mass is 35.5. The zero-order valence-electron chi connectivity index (χ0n) is 8.27. The molecule has 15 heavy (non-hydrogen) atoms. The third-order valence-electron chi connectivity index (χ3n) is 2.97. The quantitative estimate of drug-likeness (QED) is 0.864. The summed E-state index contributed by atoms with van der Waals surface area (Å²) in [5, 5.41) is 13.5. The van der Waals surface area contributed by atoms with Gasteiger partial charge < -0.3 is 5.11 Å². The van der Waals surface area contributed by atoms with Crippen LogP contribution in [-0.4, -0.2) is 20.9 Å². The van der Waals surface area contributed by atoms with Crippen molar-refractivity contribution in [2.24, 2.45) is 5.92 Å². The highest BCUT2D eigenvalue weighted by Gasteiger charge is 2.30. The van der Waals surface area contributed by atoms with Crippen LogP contribution in [0.1, 0.15) is 31.7 Å². The molecule has 1 aliphatic rings. The maximum absolute atomic E-state index is 10.7. The second kappa shape index (κ2) is 4.23. The van der Waals surface area contributed by atoms with E-state index in [9.17, 15) is 4.79 Å². The van der Waals surface area contributed by atoms with Crippen LogP contribution < -0.4 is 0 Å². The fourth-order valence-corrected chi connectivity index (χ4v) is 2.47. The minimum absolute atomic E-state index is 0.193. The Kier molecular flexibility index (Phi) is 2.95. The van der Waals surface area contributed by atoms with E-state index < -0.39 is 5.97 Å². The number of aromatic nitrogens is 2. The van der Waals surface area contributed by atoms with Gasteiger partial charge in [0.25, 0.3) is 0 Å². The molecule has 1 saturated carbocycles. The summed E-state index contributed by atoms with van der Waals surface area (Å²) in [7, 11) is 0. The lowest BCUT2D eigenvalue weighted by atomic mass is 10.00. The Morgan fingerprint density at radius 2 is 2.47 bits per heavy atom. The van der Waals surface area contributed by atoms with E-state index in [0.29, 0.717) is 5.02 Å². The van der Waals surface area contributed by atoms with E-state index in [0.717, 1.165) is 19.3 Å². The van der Waals surface area contributed by atoms with Crippen LogP contribution in [0.5, 0.6) is 0 Å². The first-order valence-electron chi connectivity index (χ1n) is 5.08. The molecule has 0 saturated heterocycles. The van der Waals surface area contributed by atoms with Crippen molar-refractivity contribution in [3.05, 3.63) is 17.4 Å². The maximum atomic E-state index is 10.7. The highest BCUT2D eigenvalue weighted by molar-refractivity contribution is 6.30. The molecule has 2 unspecified atom stereocenters. The monoisotopic (exact) mass is 228 g/mol. The number of aliphatic carboxylic acids is 1. The number of carbonyl (C=O) groups is 1. The summed E-state index contributed by atoms with van der Waals surface area (Å²) in [5.41, 5.74) is 0. The molecule has 1 N–H and O–H groups in total. The third kappa shape index (κ3) is 2.31. The van der Waals surface area contributed by atoms with Gasteiger partial charge in [-0.05, 0) is 18.8 Å². The van der Waals surface area contributed by atoms with E-state index in [1.54, 1.807) is 12.4 Å². The second-order valence-corrected chi connectivity index (χ2v) is 4.43. The number of carboxylic acids is 1. The summed E-state index contributed by atoms with van der Waals surface area (Å²) in [6.07, 6.45) is 6.62. The molecule has 1 heterocycles. The van der Waals surface area contributed by atoms with Gasteiger partial charge in [-0.2, -0.15) is 5.10 Å². The molecule has 82 valence electrons. The number of halogens is 1. The van der Waals surface area contributed by atoms with Crippen molar-refractivity contribution in [1.82, 2.24) is 9.78 Å². The van der Waals surface area contributed by atoms with E-state index >= 15 is 0 Å². The molecule has 5 heteroatoms. The van der Waals surface area contributed by atoms with Crippen molar-refractivity contribution in [2.45, 2.75) is 31.7 Å². The first kappa shape index (κ1) is 10.5. The Balaban J connectivity index is 2.10. The predicted molar refractivity (Wildman–Crippen MR) is 55.9 cm³/mol. The van der Waals surface area contributed by atoms with Gasteiger partial charge in [0.15, 0.2) is 0 Å². The van der Waals surface area contributed by atoms with Crippen LogP contribution in [0.3, 0.4) is 0 Å². The lowest BCUT2D eigenvalue weighted by molar-refractivity contribution is -0.138. The first-order valence-corrected chi connectivity index (χ1v) is 5.46. The fraction of sp³-hybridized carbons (Fsp3) is 0.600. The van der Waals surface area contributed by atoms with Crippen molar-refractivity contribution in [3.8, 4) is 0 Å². The Hall–Kier alpha value is -1.03. The van der Waals surface area contributed by atoms with Crippen LogP contribution in [0.15, 0.2) is 12.4 Å². The van der Waals surface area contributed by atoms with Crippen molar-refractivity contribution in [1.29, 1.82) is 0 Å². The summed E-state index contributed by atoms with van der Waals surface area (Å²) in [5.74, 6) is -0.538. The number of nitrogens with zero attached hydrogens (tertiary/aromatic N) is 2. The Labute approximate surface area is 92.8 Å². The van der Waals surface area contributed by atoms with Gasteiger partial charge in [-0.1, -0.05) is 18.0 Å². The standard InChI is InChI=1S/C10H13ClN2O2/c11-8-5-12-13(6-8)9-3-1-2-7(9)4-10(14)15/h5-7,9H,1-4H2,(H,14,15). The summed E-state index contributed by atoms with van der Waals surface area (Å²) < 4.78 is 1.81. The Bertz CT molecular complexity index is 364. The van der Waals surface area contributed by atoms with Crippen LogP contribution in [0.4, 0.5) is 0 Å². The Morgan fingerprint density at radius 3 is 3.07 bits per heavy atom. The smallest absolute Gasteiger partial charge is 0.303 e. The van der Waals surface area contributed by atoms with E-state index in [2.05, 4.69) is 5.10 Å². The molecule has 1 aromatic heterocycles. The molecule has 0 amide bonds. The first-order chi connectivity index (χ1) is 7.16.